The number of rotatable bonds is 2. The van der Waals surface area contributed by atoms with Crippen molar-refractivity contribution in [3.8, 4) is 0 Å². The van der Waals surface area contributed by atoms with Crippen molar-refractivity contribution < 1.29 is 36.2 Å². The summed E-state index contributed by atoms with van der Waals surface area (Å²) in [5.41, 5.74) is 0. The van der Waals surface area contributed by atoms with Crippen LogP contribution in [0.1, 0.15) is 0 Å². The van der Waals surface area contributed by atoms with Gasteiger partial charge in [0.15, 0.2) is 7.09 Å². The van der Waals surface area contributed by atoms with Gasteiger partial charge >= 0.3 is 0 Å². The third kappa shape index (κ3) is 10.8. The first kappa shape index (κ1) is 6.43. The van der Waals surface area contributed by atoms with Gasteiger partial charge in [0.2, 0.25) is 0 Å². The van der Waals surface area contributed by atoms with Gasteiger partial charge in [0, 0.05) is 31.1 Å². The number of hydrogen-bond donors (Lipinski definition) is 1. The summed E-state index contributed by atoms with van der Waals surface area (Å²) in [6.07, 6.45) is 0. The summed E-state index contributed by atoms with van der Waals surface area (Å²) >= 11 is 1.06. The molecule has 0 heterocycles. The van der Waals surface area contributed by atoms with Crippen LogP contribution in [0.25, 0.3) is 0 Å². The minimum Gasteiger partial charge on any atom is -0.387 e. The van der Waals surface area contributed by atoms with Gasteiger partial charge in [0.1, 0.15) is 0 Å². The van der Waals surface area contributed by atoms with Gasteiger partial charge in [-0.1, -0.05) is 0 Å². The number of hydrogen-bond acceptors (Lipinski definition) is 2. The Labute approximate surface area is 61.9 Å². The Bertz CT molecular complexity index is 23.0. The van der Waals surface area contributed by atoms with Gasteiger partial charge in [-0.2, -0.15) is 11.6 Å². The Morgan fingerprint density at radius 2 is 2.80 bits per heavy atom. The van der Waals surface area contributed by atoms with Gasteiger partial charge < -0.3 is 5.11 Å². The van der Waals surface area contributed by atoms with Crippen LogP contribution in [0.5, 0.6) is 0 Å². The molecule has 0 fully saturated rings. The quantitative estimate of drug-likeness (QED) is 0.547. The van der Waals surface area contributed by atoms with Gasteiger partial charge in [0.05, 0.1) is 5.94 Å². The number of aliphatic hydroxyl groups is 1. The van der Waals surface area contributed by atoms with Crippen molar-refractivity contribution in [2.75, 3.05) is 5.94 Å². The summed E-state index contributed by atoms with van der Waals surface area (Å²) in [6.45, 7) is 0. The maximum Gasteiger partial charge on any atom is 0.173 e. The molecule has 27 valence electrons. The van der Waals surface area contributed by atoms with E-state index in [1.807, 2.05) is 0 Å². The predicted octanol–water partition coefficient (Wildman–Crippen LogP) is -0.515. The fourth-order valence-electron chi connectivity index (χ4n) is 0. The molecule has 0 atom stereocenters. The smallest absolute Gasteiger partial charge is 0.173 e. The molecule has 0 aliphatic rings. The molecular weight excluding hydrogens is 309 g/mol. The summed E-state index contributed by atoms with van der Waals surface area (Å²) in [7, 11) is 1.10. The Morgan fingerprint density at radius 1 is 2.20 bits per heavy atom. The van der Waals surface area contributed by atoms with Crippen molar-refractivity contribution >= 4 is 18.7 Å². The van der Waals surface area contributed by atoms with E-state index in [1.54, 1.807) is 0 Å². The molecular formula is CH4BOSU. The molecule has 0 amide bonds. The molecule has 1 radical (unpaired) electrons. The summed E-state index contributed by atoms with van der Waals surface area (Å²) in [5, 5.41) is 7.88. The molecule has 0 spiro atoms. The fraction of sp³-hybridized carbons (Fsp3) is 1.00. The van der Waals surface area contributed by atoms with E-state index < -0.39 is 0 Å². The Morgan fingerprint density at radius 3 is 2.80 bits per heavy atom. The molecule has 0 saturated carbocycles. The third-order valence-electron chi connectivity index (χ3n) is 0.0745. The van der Waals surface area contributed by atoms with Crippen LogP contribution >= 0.6 is 11.6 Å². The van der Waals surface area contributed by atoms with Gasteiger partial charge in [0.25, 0.3) is 0 Å². The standard InChI is InChI=1S/CH4BOS.U/c2-4-1-3;/h2-3H,1H2;/i2T;. The van der Waals surface area contributed by atoms with Gasteiger partial charge in [-0.25, -0.2) is 0 Å². The largest absolute Gasteiger partial charge is 0.387 e. The predicted molar refractivity (Wildman–Crippen MR) is 21.8 cm³/mol. The fourth-order valence-corrected chi connectivity index (χ4v) is 0. The Balaban J connectivity index is 0. The monoisotopic (exact) mass is 315 g/mol. The van der Waals surface area contributed by atoms with E-state index in [4.69, 9.17) is 6.44 Å². The van der Waals surface area contributed by atoms with Crippen molar-refractivity contribution in [3.63, 3.8) is 0 Å². The minimum atomic E-state index is 0. The maximum atomic E-state index is 7.88. The second-order valence-corrected chi connectivity index (χ2v) is 0.887. The van der Waals surface area contributed by atoms with Crippen molar-refractivity contribution in [2.45, 2.75) is 0 Å². The summed E-state index contributed by atoms with van der Waals surface area (Å²) in [6, 6.07) is 0. The molecule has 0 rings (SSSR count). The first-order valence-electron chi connectivity index (χ1n) is 1.42. The normalized spacial score (nSPS) is 7.80. The van der Waals surface area contributed by atoms with Crippen molar-refractivity contribution in [1.29, 1.82) is 1.34 Å². The van der Waals surface area contributed by atoms with Crippen molar-refractivity contribution in [2.24, 2.45) is 0 Å². The Kier molecular flexibility index (Phi) is 11.6. The van der Waals surface area contributed by atoms with Crippen LogP contribution in [0.2, 0.25) is 0 Å². The Hall–Kier alpha value is 1.43. The van der Waals surface area contributed by atoms with E-state index in [-0.39, 0.29) is 37.1 Å². The average molecular weight is 315 g/mol. The molecule has 0 aliphatic heterocycles. The zero-order chi connectivity index (χ0) is 4.12. The van der Waals surface area contributed by atoms with E-state index in [9.17, 15) is 0 Å². The molecule has 1 nitrogen and oxygen atoms in total. The molecule has 0 aromatic rings. The zero-order valence-electron chi connectivity index (χ0n) is 3.64. The molecule has 0 aromatic heterocycles. The van der Waals surface area contributed by atoms with Crippen LogP contribution in [-0.4, -0.2) is 19.5 Å². The third-order valence-corrected chi connectivity index (χ3v) is 0.224. The molecule has 0 aliphatic carbocycles. The molecule has 0 saturated heterocycles. The van der Waals surface area contributed by atoms with Gasteiger partial charge in [-0.15, -0.1) is 0 Å². The summed E-state index contributed by atoms with van der Waals surface area (Å²) in [4.78, 5) is 0. The van der Waals surface area contributed by atoms with Crippen LogP contribution in [0.3, 0.4) is 0 Å². The first-order valence-corrected chi connectivity index (χ1v) is 1.89. The molecule has 1 N–H and O–H groups in total. The van der Waals surface area contributed by atoms with E-state index in [2.05, 4.69) is 0 Å². The SMILES string of the molecule is [3H][B]SCO.[U]. The molecule has 0 unspecified atom stereocenters. The van der Waals surface area contributed by atoms with Crippen LogP contribution in [0.15, 0.2) is 0 Å². The zero-order valence-corrected chi connectivity index (χ0v) is 7.62. The van der Waals surface area contributed by atoms with Crippen LogP contribution in [0, 0.1) is 31.1 Å². The minimum absolute atomic E-state index is 0. The van der Waals surface area contributed by atoms with E-state index in [0.717, 1.165) is 18.7 Å². The average Bonchev–Trinajstić information content (AvgIpc) is 1.41. The van der Waals surface area contributed by atoms with Crippen LogP contribution < -0.4 is 0 Å². The van der Waals surface area contributed by atoms with Crippen LogP contribution in [-0.2, 0) is 0 Å². The molecule has 4 heteroatoms. The molecule has 0 bridgehead atoms. The van der Waals surface area contributed by atoms with Crippen molar-refractivity contribution in [3.05, 3.63) is 0 Å². The number of aliphatic hydroxyl groups excluding tert-OH is 1. The second kappa shape index (κ2) is 9.06. The van der Waals surface area contributed by atoms with Gasteiger partial charge in [-0.3, -0.25) is 0 Å². The molecule has 5 heavy (non-hydrogen) atoms. The maximum absolute atomic E-state index is 7.88. The van der Waals surface area contributed by atoms with Crippen LogP contribution in [0.4, 0.5) is 0 Å². The van der Waals surface area contributed by atoms with Crippen molar-refractivity contribution in [1.82, 2.24) is 0 Å². The second-order valence-electron chi connectivity index (χ2n) is 0.296. The summed E-state index contributed by atoms with van der Waals surface area (Å²) < 4.78 is 6.28. The summed E-state index contributed by atoms with van der Waals surface area (Å²) in [5.74, 6) is 0.0174. The van der Waals surface area contributed by atoms with E-state index in [0.29, 0.717) is 0 Å². The van der Waals surface area contributed by atoms with E-state index >= 15 is 0 Å². The van der Waals surface area contributed by atoms with E-state index in [1.165, 1.54) is 0 Å². The molecule has 0 aromatic carbocycles. The first-order chi connectivity index (χ1) is 2.41. The topological polar surface area (TPSA) is 20.2 Å². The van der Waals surface area contributed by atoms with Gasteiger partial charge in [-0.05, 0) is 1.34 Å².